The number of hydrogen-bond donors (Lipinski definition) is 1. The molecular formula is C12H20N2O2S. The maximum Gasteiger partial charge on any atom is 0.247 e. The summed E-state index contributed by atoms with van der Waals surface area (Å²) < 4.78 is 0. The lowest BCUT2D eigenvalue weighted by molar-refractivity contribution is -0.135. The van der Waals surface area contributed by atoms with Crippen LogP contribution in [0.5, 0.6) is 0 Å². The number of carbonyl (C=O) groups excluding carboxylic acids is 2. The molecule has 1 heterocycles. The van der Waals surface area contributed by atoms with E-state index in [1.807, 2.05) is 27.7 Å². The van der Waals surface area contributed by atoms with Gasteiger partial charge in [-0.1, -0.05) is 5.57 Å². The maximum absolute atomic E-state index is 11.9. The fourth-order valence-electron chi connectivity index (χ4n) is 1.59. The van der Waals surface area contributed by atoms with E-state index in [0.29, 0.717) is 11.6 Å². The fourth-order valence-corrected chi connectivity index (χ4v) is 2.75. The molecule has 1 fully saturated rings. The van der Waals surface area contributed by atoms with Crippen LogP contribution in [0.15, 0.2) is 11.6 Å². The van der Waals surface area contributed by atoms with Crippen molar-refractivity contribution in [3.05, 3.63) is 11.6 Å². The molecule has 0 radical (unpaired) electrons. The van der Waals surface area contributed by atoms with Crippen molar-refractivity contribution in [2.45, 2.75) is 39.8 Å². The SMILES string of the molecule is CC(C)=CC(=O)N1CSCC1C(=O)NC(C)C. The van der Waals surface area contributed by atoms with Crippen LogP contribution in [-0.2, 0) is 9.59 Å². The molecule has 4 nitrogen and oxygen atoms in total. The van der Waals surface area contributed by atoms with Crippen LogP contribution in [0, 0.1) is 0 Å². The first-order valence-corrected chi connectivity index (χ1v) is 6.91. The Kier molecular flexibility index (Phi) is 5.05. The lowest BCUT2D eigenvalue weighted by atomic mass is 10.2. The predicted octanol–water partition coefficient (Wildman–Crippen LogP) is 1.38. The average molecular weight is 256 g/mol. The summed E-state index contributed by atoms with van der Waals surface area (Å²) in [5.74, 6) is 1.15. The zero-order valence-corrected chi connectivity index (χ0v) is 11.6. The first-order valence-electron chi connectivity index (χ1n) is 5.75. The molecule has 0 aromatic carbocycles. The number of rotatable bonds is 3. The minimum absolute atomic E-state index is 0.0551. The van der Waals surface area contributed by atoms with Gasteiger partial charge in [0, 0.05) is 17.9 Å². The summed E-state index contributed by atoms with van der Waals surface area (Å²) in [6.07, 6.45) is 1.58. The van der Waals surface area contributed by atoms with Crippen molar-refractivity contribution in [3.8, 4) is 0 Å². The summed E-state index contributed by atoms with van der Waals surface area (Å²) in [4.78, 5) is 25.5. The Hall–Kier alpha value is -0.970. The summed E-state index contributed by atoms with van der Waals surface area (Å²) in [5.41, 5.74) is 0.954. The Morgan fingerprint density at radius 2 is 2.06 bits per heavy atom. The van der Waals surface area contributed by atoms with Crippen molar-refractivity contribution in [2.24, 2.45) is 0 Å². The first-order chi connectivity index (χ1) is 7.91. The molecule has 5 heteroatoms. The van der Waals surface area contributed by atoms with Crippen LogP contribution in [0.2, 0.25) is 0 Å². The Labute approximate surface area is 107 Å². The van der Waals surface area contributed by atoms with Gasteiger partial charge in [-0.2, -0.15) is 0 Å². The van der Waals surface area contributed by atoms with Crippen LogP contribution in [-0.4, -0.2) is 40.4 Å². The number of nitrogens with zero attached hydrogens (tertiary/aromatic N) is 1. The highest BCUT2D eigenvalue weighted by Gasteiger charge is 2.33. The van der Waals surface area contributed by atoms with E-state index in [2.05, 4.69) is 5.32 Å². The second-order valence-electron chi connectivity index (χ2n) is 4.71. The van der Waals surface area contributed by atoms with Crippen LogP contribution in [0.4, 0.5) is 0 Å². The van der Waals surface area contributed by atoms with Crippen LogP contribution >= 0.6 is 11.8 Å². The fraction of sp³-hybridized carbons (Fsp3) is 0.667. The molecule has 1 saturated heterocycles. The van der Waals surface area contributed by atoms with Gasteiger partial charge in [0.05, 0.1) is 5.88 Å². The van der Waals surface area contributed by atoms with Gasteiger partial charge in [0.1, 0.15) is 6.04 Å². The standard InChI is InChI=1S/C12H20N2O2S/c1-8(2)5-11(15)14-7-17-6-10(14)12(16)13-9(3)4/h5,9-10H,6-7H2,1-4H3,(H,13,16). The molecule has 17 heavy (non-hydrogen) atoms. The van der Waals surface area contributed by atoms with Crippen molar-refractivity contribution < 1.29 is 9.59 Å². The van der Waals surface area contributed by atoms with Gasteiger partial charge in [0.2, 0.25) is 11.8 Å². The molecule has 1 unspecified atom stereocenters. The molecule has 0 saturated carbocycles. The smallest absolute Gasteiger partial charge is 0.247 e. The molecule has 0 spiro atoms. The van der Waals surface area contributed by atoms with E-state index in [1.165, 1.54) is 0 Å². The van der Waals surface area contributed by atoms with Gasteiger partial charge in [-0.3, -0.25) is 9.59 Å². The van der Waals surface area contributed by atoms with E-state index in [0.717, 1.165) is 5.57 Å². The number of nitrogens with one attached hydrogen (secondary N) is 1. The van der Waals surface area contributed by atoms with Crippen molar-refractivity contribution in [2.75, 3.05) is 11.6 Å². The molecule has 1 aliphatic rings. The number of thioether (sulfide) groups is 1. The Bertz CT molecular complexity index is 335. The summed E-state index contributed by atoms with van der Waals surface area (Å²) >= 11 is 1.62. The third kappa shape index (κ3) is 4.07. The lowest BCUT2D eigenvalue weighted by Crippen LogP contribution is -2.48. The monoisotopic (exact) mass is 256 g/mol. The molecular weight excluding hydrogens is 236 g/mol. The highest BCUT2D eigenvalue weighted by molar-refractivity contribution is 7.99. The van der Waals surface area contributed by atoms with Gasteiger partial charge in [-0.05, 0) is 27.7 Å². The molecule has 1 aliphatic heterocycles. The summed E-state index contributed by atoms with van der Waals surface area (Å²) in [6, 6.07) is -0.223. The minimum atomic E-state index is -0.328. The predicted molar refractivity (Wildman–Crippen MR) is 70.7 cm³/mol. The molecule has 1 atom stereocenters. The van der Waals surface area contributed by atoms with Crippen LogP contribution < -0.4 is 5.32 Å². The van der Waals surface area contributed by atoms with E-state index in [4.69, 9.17) is 0 Å². The lowest BCUT2D eigenvalue weighted by Gasteiger charge is -2.22. The molecule has 1 rings (SSSR count). The van der Waals surface area contributed by atoms with Gasteiger partial charge < -0.3 is 10.2 Å². The highest BCUT2D eigenvalue weighted by Crippen LogP contribution is 2.21. The Morgan fingerprint density at radius 3 is 2.59 bits per heavy atom. The Balaban J connectivity index is 2.69. The molecule has 0 aromatic rings. The number of hydrogen-bond acceptors (Lipinski definition) is 3. The second kappa shape index (κ2) is 6.10. The van der Waals surface area contributed by atoms with Gasteiger partial charge in [-0.15, -0.1) is 11.8 Å². The van der Waals surface area contributed by atoms with Gasteiger partial charge in [0.25, 0.3) is 0 Å². The third-order valence-electron chi connectivity index (χ3n) is 2.31. The number of allylic oxidation sites excluding steroid dienone is 1. The van der Waals surface area contributed by atoms with Crippen molar-refractivity contribution >= 4 is 23.6 Å². The maximum atomic E-state index is 11.9. The average Bonchev–Trinajstić information content (AvgIpc) is 2.63. The topological polar surface area (TPSA) is 49.4 Å². The second-order valence-corrected chi connectivity index (χ2v) is 5.71. The zero-order chi connectivity index (χ0) is 13.0. The molecule has 0 aromatic heterocycles. The van der Waals surface area contributed by atoms with Crippen LogP contribution in [0.1, 0.15) is 27.7 Å². The first kappa shape index (κ1) is 14.1. The minimum Gasteiger partial charge on any atom is -0.352 e. The quantitative estimate of drug-likeness (QED) is 0.776. The normalized spacial score (nSPS) is 19.4. The van der Waals surface area contributed by atoms with E-state index in [9.17, 15) is 9.59 Å². The molecule has 0 aliphatic carbocycles. The van der Waals surface area contributed by atoms with E-state index in [-0.39, 0.29) is 23.9 Å². The zero-order valence-electron chi connectivity index (χ0n) is 10.8. The largest absolute Gasteiger partial charge is 0.352 e. The third-order valence-corrected chi connectivity index (χ3v) is 3.32. The molecule has 2 amide bonds. The number of carbonyl (C=O) groups is 2. The highest BCUT2D eigenvalue weighted by atomic mass is 32.2. The Morgan fingerprint density at radius 1 is 1.41 bits per heavy atom. The van der Waals surface area contributed by atoms with Gasteiger partial charge >= 0.3 is 0 Å². The van der Waals surface area contributed by atoms with Crippen LogP contribution in [0.25, 0.3) is 0 Å². The van der Waals surface area contributed by atoms with Crippen molar-refractivity contribution in [1.82, 2.24) is 10.2 Å². The number of amides is 2. The summed E-state index contributed by atoms with van der Waals surface area (Å²) in [7, 11) is 0. The van der Waals surface area contributed by atoms with Crippen LogP contribution in [0.3, 0.4) is 0 Å². The van der Waals surface area contributed by atoms with E-state index in [1.54, 1.807) is 22.7 Å². The van der Waals surface area contributed by atoms with E-state index >= 15 is 0 Å². The molecule has 1 N–H and O–H groups in total. The summed E-state index contributed by atoms with van der Waals surface area (Å²) in [6.45, 7) is 7.60. The summed E-state index contributed by atoms with van der Waals surface area (Å²) in [5, 5.41) is 2.86. The van der Waals surface area contributed by atoms with Crippen molar-refractivity contribution in [1.29, 1.82) is 0 Å². The van der Waals surface area contributed by atoms with Crippen molar-refractivity contribution in [3.63, 3.8) is 0 Å². The van der Waals surface area contributed by atoms with Gasteiger partial charge in [0.15, 0.2) is 0 Å². The van der Waals surface area contributed by atoms with Gasteiger partial charge in [-0.25, -0.2) is 0 Å². The van der Waals surface area contributed by atoms with E-state index < -0.39 is 0 Å². The molecule has 96 valence electrons. The molecule has 0 bridgehead atoms.